The van der Waals surface area contributed by atoms with E-state index >= 15 is 0 Å². The number of ketones is 1. The van der Waals surface area contributed by atoms with Gasteiger partial charge in [0.2, 0.25) is 0 Å². The van der Waals surface area contributed by atoms with Gasteiger partial charge >= 0.3 is 0 Å². The monoisotopic (exact) mass is 513 g/mol. The van der Waals surface area contributed by atoms with Crippen LogP contribution in [0.5, 0.6) is 5.75 Å². The summed E-state index contributed by atoms with van der Waals surface area (Å²) >= 11 is 12.9. The minimum Gasteiger partial charge on any atom is -0.497 e. The summed E-state index contributed by atoms with van der Waals surface area (Å²) in [5, 5.41) is 6.51. The number of nitrogens with zero attached hydrogens (tertiary/aromatic N) is 3. The molecule has 0 aliphatic rings. The number of hydrogen-bond donors (Lipinski definition) is 0. The van der Waals surface area contributed by atoms with Crippen molar-refractivity contribution in [3.05, 3.63) is 112 Å². The first-order valence-corrected chi connectivity index (χ1v) is 12.0. The van der Waals surface area contributed by atoms with Crippen LogP contribution >= 0.6 is 23.2 Å². The summed E-state index contributed by atoms with van der Waals surface area (Å²) in [5.41, 5.74) is 5.19. The predicted octanol–water partition coefficient (Wildman–Crippen LogP) is 7.61. The highest BCUT2D eigenvalue weighted by Crippen LogP contribution is 2.38. The van der Waals surface area contributed by atoms with Crippen LogP contribution in [-0.2, 0) is 0 Å². The molecule has 0 unspecified atom stereocenters. The molecule has 0 atom stereocenters. The number of hydrogen-bond acceptors (Lipinski definition) is 4. The van der Waals surface area contributed by atoms with Crippen LogP contribution in [0.2, 0.25) is 10.2 Å². The SMILES string of the molecule is COc1ccc(C(=O)/C=C/c2c(Cl)nc3c(c(C)nn3-c3ccccc3)c2-c2ccc(Cl)cc2)cc1. The van der Waals surface area contributed by atoms with E-state index in [4.69, 9.17) is 38.0 Å². The first kappa shape index (κ1) is 23.8. The molecule has 5 aromatic rings. The quantitative estimate of drug-likeness (QED) is 0.133. The third-order valence-corrected chi connectivity index (χ3v) is 6.43. The molecule has 178 valence electrons. The van der Waals surface area contributed by atoms with Gasteiger partial charge in [-0.3, -0.25) is 4.79 Å². The number of methoxy groups -OCH3 is 1. The zero-order valence-corrected chi connectivity index (χ0v) is 21.1. The molecule has 5 rings (SSSR count). The number of para-hydroxylation sites is 1. The zero-order valence-electron chi connectivity index (χ0n) is 19.6. The van der Waals surface area contributed by atoms with Crippen molar-refractivity contribution in [3.8, 4) is 22.6 Å². The Labute approximate surface area is 218 Å². The Morgan fingerprint density at radius 2 is 1.64 bits per heavy atom. The number of benzene rings is 3. The molecule has 0 fully saturated rings. The summed E-state index contributed by atoms with van der Waals surface area (Å²) < 4.78 is 6.96. The fourth-order valence-electron chi connectivity index (χ4n) is 4.13. The lowest BCUT2D eigenvalue weighted by Gasteiger charge is -2.12. The summed E-state index contributed by atoms with van der Waals surface area (Å²) in [6.45, 7) is 1.94. The number of allylic oxidation sites excluding steroid dienone is 1. The van der Waals surface area contributed by atoms with E-state index in [0.29, 0.717) is 27.5 Å². The van der Waals surface area contributed by atoms with Gasteiger partial charge < -0.3 is 4.74 Å². The Balaban J connectivity index is 1.70. The fraction of sp³-hybridized carbons (Fsp3) is 0.0690. The van der Waals surface area contributed by atoms with Crippen LogP contribution in [0, 0.1) is 6.92 Å². The van der Waals surface area contributed by atoms with Crippen LogP contribution in [0.3, 0.4) is 0 Å². The molecule has 2 heterocycles. The number of pyridine rings is 1. The molecule has 3 aromatic carbocycles. The number of carbonyl (C=O) groups excluding carboxylic acids is 1. The van der Waals surface area contributed by atoms with E-state index in [1.807, 2.05) is 61.5 Å². The second kappa shape index (κ2) is 9.97. The highest BCUT2D eigenvalue weighted by Gasteiger charge is 2.21. The standard InChI is InChI=1S/C29H21Cl2N3O2/c1-18-26-27(20-8-12-21(30)13-9-20)24(16-17-25(35)19-10-14-23(36-2)15-11-19)28(31)32-29(26)34(33-18)22-6-4-3-5-7-22/h3-17H,1-2H3/b17-16+. The molecular weight excluding hydrogens is 493 g/mol. The van der Waals surface area contributed by atoms with E-state index in [2.05, 4.69) is 0 Å². The van der Waals surface area contributed by atoms with Crippen LogP contribution in [0.4, 0.5) is 0 Å². The Morgan fingerprint density at radius 1 is 0.944 bits per heavy atom. The van der Waals surface area contributed by atoms with Gasteiger partial charge in [-0.1, -0.05) is 53.5 Å². The molecule has 0 spiro atoms. The lowest BCUT2D eigenvalue weighted by molar-refractivity contribution is 0.104. The molecular formula is C29H21Cl2N3O2. The third-order valence-electron chi connectivity index (χ3n) is 5.89. The third kappa shape index (κ3) is 4.51. The average Bonchev–Trinajstić information content (AvgIpc) is 3.23. The first-order chi connectivity index (χ1) is 17.5. The maximum Gasteiger partial charge on any atom is 0.185 e. The van der Waals surface area contributed by atoms with E-state index < -0.39 is 0 Å². The Kier molecular flexibility index (Phi) is 6.59. The lowest BCUT2D eigenvalue weighted by Crippen LogP contribution is -1.99. The van der Waals surface area contributed by atoms with Gasteiger partial charge in [-0.05, 0) is 73.2 Å². The van der Waals surface area contributed by atoms with Crippen molar-refractivity contribution in [2.24, 2.45) is 0 Å². The second-order valence-corrected chi connectivity index (χ2v) is 8.95. The number of fused-ring (bicyclic) bond motifs is 1. The van der Waals surface area contributed by atoms with E-state index in [0.717, 1.165) is 27.9 Å². The number of rotatable bonds is 6. The predicted molar refractivity (Wildman–Crippen MR) is 145 cm³/mol. The summed E-state index contributed by atoms with van der Waals surface area (Å²) in [6, 6.07) is 24.2. The van der Waals surface area contributed by atoms with Crippen molar-refractivity contribution in [2.75, 3.05) is 7.11 Å². The molecule has 0 aliphatic carbocycles. The van der Waals surface area contributed by atoms with Gasteiger partial charge in [0.15, 0.2) is 11.4 Å². The summed E-state index contributed by atoms with van der Waals surface area (Å²) in [6.07, 6.45) is 3.22. The lowest BCUT2D eigenvalue weighted by atomic mass is 9.96. The molecule has 7 heteroatoms. The highest BCUT2D eigenvalue weighted by atomic mass is 35.5. The molecule has 2 aromatic heterocycles. The normalized spacial score (nSPS) is 11.3. The minimum atomic E-state index is -0.160. The Morgan fingerprint density at radius 3 is 2.31 bits per heavy atom. The van der Waals surface area contributed by atoms with Gasteiger partial charge in [-0.2, -0.15) is 5.10 Å². The van der Waals surface area contributed by atoms with E-state index in [1.54, 1.807) is 42.1 Å². The van der Waals surface area contributed by atoms with Crippen LogP contribution < -0.4 is 4.74 Å². The first-order valence-electron chi connectivity index (χ1n) is 11.2. The van der Waals surface area contributed by atoms with Crippen molar-refractivity contribution in [3.63, 3.8) is 0 Å². The average molecular weight is 514 g/mol. The van der Waals surface area contributed by atoms with Gasteiger partial charge in [0, 0.05) is 21.7 Å². The van der Waals surface area contributed by atoms with Crippen molar-refractivity contribution < 1.29 is 9.53 Å². The summed E-state index contributed by atoms with van der Waals surface area (Å²) in [4.78, 5) is 17.6. The number of aryl methyl sites for hydroxylation is 1. The van der Waals surface area contributed by atoms with Gasteiger partial charge in [0.1, 0.15) is 10.9 Å². The van der Waals surface area contributed by atoms with Crippen LogP contribution in [0.15, 0.2) is 84.9 Å². The highest BCUT2D eigenvalue weighted by molar-refractivity contribution is 6.32. The molecule has 0 aliphatic heterocycles. The largest absolute Gasteiger partial charge is 0.497 e. The summed E-state index contributed by atoms with van der Waals surface area (Å²) in [5.74, 6) is 0.525. The summed E-state index contributed by atoms with van der Waals surface area (Å²) in [7, 11) is 1.59. The van der Waals surface area contributed by atoms with E-state index in [1.165, 1.54) is 6.08 Å². The van der Waals surface area contributed by atoms with Gasteiger partial charge in [0.25, 0.3) is 0 Å². The molecule has 0 saturated heterocycles. The maximum atomic E-state index is 12.9. The maximum absolute atomic E-state index is 12.9. The Hall–Kier alpha value is -3.93. The number of halogens is 2. The van der Waals surface area contributed by atoms with Crippen LogP contribution in [-0.4, -0.2) is 27.7 Å². The van der Waals surface area contributed by atoms with Crippen LogP contribution in [0.1, 0.15) is 21.6 Å². The van der Waals surface area contributed by atoms with E-state index in [-0.39, 0.29) is 10.9 Å². The minimum absolute atomic E-state index is 0.160. The molecule has 5 nitrogen and oxygen atoms in total. The zero-order chi connectivity index (χ0) is 25.2. The number of carbonyl (C=O) groups is 1. The molecule has 36 heavy (non-hydrogen) atoms. The van der Waals surface area contributed by atoms with Gasteiger partial charge in [-0.25, -0.2) is 9.67 Å². The number of aromatic nitrogens is 3. The molecule has 0 amide bonds. The topological polar surface area (TPSA) is 57.0 Å². The molecule has 0 bridgehead atoms. The van der Waals surface area contributed by atoms with E-state index in [9.17, 15) is 4.79 Å². The number of ether oxygens (including phenoxy) is 1. The van der Waals surface area contributed by atoms with Gasteiger partial charge in [-0.15, -0.1) is 0 Å². The van der Waals surface area contributed by atoms with Crippen molar-refractivity contribution >= 4 is 46.1 Å². The molecule has 0 N–H and O–H groups in total. The van der Waals surface area contributed by atoms with Crippen LogP contribution in [0.25, 0.3) is 33.9 Å². The fourth-order valence-corrected chi connectivity index (χ4v) is 4.49. The van der Waals surface area contributed by atoms with Crippen molar-refractivity contribution in [1.82, 2.24) is 14.8 Å². The van der Waals surface area contributed by atoms with Crippen molar-refractivity contribution in [1.29, 1.82) is 0 Å². The van der Waals surface area contributed by atoms with Gasteiger partial charge in [0.05, 0.1) is 23.9 Å². The Bertz CT molecular complexity index is 1590. The van der Waals surface area contributed by atoms with Crippen molar-refractivity contribution in [2.45, 2.75) is 6.92 Å². The molecule has 0 saturated carbocycles. The second-order valence-electron chi connectivity index (χ2n) is 8.16. The molecule has 0 radical (unpaired) electrons. The smallest absolute Gasteiger partial charge is 0.185 e.